The largest absolute Gasteiger partial charge is 0.289 e. The number of allylic oxidation sites excluding steroid dienone is 4. The molecule has 1 aromatic carbocycles. The minimum absolute atomic E-state index is 0.137. The monoisotopic (exact) mass is 232 g/mol. The van der Waals surface area contributed by atoms with E-state index in [0.29, 0.717) is 5.56 Å². The molecule has 0 amide bonds. The number of hydrogen-bond acceptors (Lipinski definition) is 1. The first-order valence-corrected chi connectivity index (χ1v) is 5.70. The zero-order valence-electron chi connectivity index (χ0n) is 10.5. The number of aryl methyl sites for hydroxylation is 1. The van der Waals surface area contributed by atoms with E-state index < -0.39 is 5.83 Å². The van der Waals surface area contributed by atoms with Crippen LogP contribution in [0.15, 0.2) is 47.8 Å². The maximum Gasteiger partial charge on any atom is 0.195 e. The molecule has 17 heavy (non-hydrogen) atoms. The molecule has 0 heterocycles. The van der Waals surface area contributed by atoms with Crippen molar-refractivity contribution in [3.63, 3.8) is 0 Å². The minimum Gasteiger partial charge on any atom is -0.289 e. The molecule has 1 rings (SSSR count). The predicted molar refractivity (Wildman–Crippen MR) is 68.7 cm³/mol. The van der Waals surface area contributed by atoms with Gasteiger partial charge in [-0.25, -0.2) is 4.39 Å². The molecule has 0 aliphatic heterocycles. The highest BCUT2D eigenvalue weighted by atomic mass is 19.1. The lowest BCUT2D eigenvalue weighted by Crippen LogP contribution is -2.03. The molecule has 0 saturated heterocycles. The fraction of sp³-hybridized carbons (Fsp3) is 0.267. The summed E-state index contributed by atoms with van der Waals surface area (Å²) in [6, 6.07) is 7.19. The number of rotatable bonds is 4. The van der Waals surface area contributed by atoms with E-state index in [0.717, 1.165) is 12.0 Å². The molecule has 0 aliphatic carbocycles. The van der Waals surface area contributed by atoms with Crippen LogP contribution in [-0.4, -0.2) is 5.78 Å². The van der Waals surface area contributed by atoms with E-state index in [4.69, 9.17) is 0 Å². The summed E-state index contributed by atoms with van der Waals surface area (Å²) in [4.78, 5) is 12.1. The third kappa shape index (κ3) is 3.66. The SMILES string of the molecule is CC/C=C\C(C(=O)c1cccc(C)c1)=C(/C)F. The molecular formula is C15H17FO. The van der Waals surface area contributed by atoms with Gasteiger partial charge in [0, 0.05) is 5.56 Å². The van der Waals surface area contributed by atoms with Crippen molar-refractivity contribution in [2.75, 3.05) is 0 Å². The number of Topliss-reactive ketones (excluding diaryl/α,β-unsaturated/α-hetero) is 1. The van der Waals surface area contributed by atoms with Crippen LogP contribution >= 0.6 is 0 Å². The first-order valence-electron chi connectivity index (χ1n) is 5.70. The zero-order valence-corrected chi connectivity index (χ0v) is 10.5. The van der Waals surface area contributed by atoms with Crippen molar-refractivity contribution in [2.24, 2.45) is 0 Å². The summed E-state index contributed by atoms with van der Waals surface area (Å²) in [5, 5.41) is 0. The van der Waals surface area contributed by atoms with Crippen LogP contribution in [0.2, 0.25) is 0 Å². The van der Waals surface area contributed by atoms with E-state index in [2.05, 4.69) is 0 Å². The number of ketones is 1. The molecule has 0 fully saturated rings. The van der Waals surface area contributed by atoms with Crippen molar-refractivity contribution in [3.05, 3.63) is 58.9 Å². The third-order valence-electron chi connectivity index (χ3n) is 2.42. The molecule has 90 valence electrons. The lowest BCUT2D eigenvalue weighted by molar-refractivity contribution is 0.103. The number of benzene rings is 1. The summed E-state index contributed by atoms with van der Waals surface area (Å²) in [5.41, 5.74) is 1.65. The summed E-state index contributed by atoms with van der Waals surface area (Å²) >= 11 is 0. The Hall–Kier alpha value is -1.70. The van der Waals surface area contributed by atoms with E-state index in [9.17, 15) is 9.18 Å². The van der Waals surface area contributed by atoms with Crippen LogP contribution in [-0.2, 0) is 0 Å². The van der Waals surface area contributed by atoms with Gasteiger partial charge in [0.25, 0.3) is 0 Å². The number of carbonyl (C=O) groups excluding carboxylic acids is 1. The van der Waals surface area contributed by atoms with E-state index in [1.54, 1.807) is 30.4 Å². The average molecular weight is 232 g/mol. The quantitative estimate of drug-likeness (QED) is 0.427. The first-order chi connectivity index (χ1) is 8.06. The second-order valence-corrected chi connectivity index (χ2v) is 3.96. The Balaban J connectivity index is 3.10. The second kappa shape index (κ2) is 6.14. The number of hydrogen-bond donors (Lipinski definition) is 0. The van der Waals surface area contributed by atoms with Crippen LogP contribution in [0, 0.1) is 6.92 Å². The Bertz CT molecular complexity index is 466. The molecule has 2 heteroatoms. The van der Waals surface area contributed by atoms with Crippen molar-refractivity contribution in [2.45, 2.75) is 27.2 Å². The van der Waals surface area contributed by atoms with Gasteiger partial charge in [0.15, 0.2) is 5.78 Å². The molecule has 0 saturated carbocycles. The highest BCUT2D eigenvalue weighted by molar-refractivity contribution is 6.10. The Morgan fingerprint density at radius 1 is 1.41 bits per heavy atom. The van der Waals surface area contributed by atoms with Crippen molar-refractivity contribution < 1.29 is 9.18 Å². The normalized spacial score (nSPS) is 12.7. The molecule has 0 aliphatic rings. The lowest BCUT2D eigenvalue weighted by atomic mass is 10.0. The molecule has 0 unspecified atom stereocenters. The van der Waals surface area contributed by atoms with Crippen molar-refractivity contribution in [3.8, 4) is 0 Å². The van der Waals surface area contributed by atoms with Gasteiger partial charge in [0.05, 0.1) is 5.57 Å². The molecule has 1 nitrogen and oxygen atoms in total. The second-order valence-electron chi connectivity index (χ2n) is 3.96. The van der Waals surface area contributed by atoms with Crippen LogP contribution in [0.25, 0.3) is 0 Å². The van der Waals surface area contributed by atoms with Gasteiger partial charge in [-0.05, 0) is 26.3 Å². The van der Waals surface area contributed by atoms with Gasteiger partial charge in [0.1, 0.15) is 5.83 Å². The van der Waals surface area contributed by atoms with E-state index in [1.807, 2.05) is 19.9 Å². The standard InChI is InChI=1S/C15H17FO/c1-4-5-9-14(12(3)16)15(17)13-8-6-7-11(2)10-13/h5-10H,4H2,1-3H3/b9-5-,14-12-. The van der Waals surface area contributed by atoms with E-state index >= 15 is 0 Å². The summed E-state index contributed by atoms with van der Waals surface area (Å²) in [7, 11) is 0. The van der Waals surface area contributed by atoms with Crippen molar-refractivity contribution in [1.29, 1.82) is 0 Å². The molecule has 0 aromatic heterocycles. The Labute approximate surface area is 102 Å². The van der Waals surface area contributed by atoms with Crippen LogP contribution < -0.4 is 0 Å². The molecule has 0 bridgehead atoms. The zero-order chi connectivity index (χ0) is 12.8. The molecule has 0 atom stereocenters. The minimum atomic E-state index is -0.443. The molecule has 1 aromatic rings. The van der Waals surface area contributed by atoms with Gasteiger partial charge in [-0.1, -0.05) is 42.8 Å². The van der Waals surface area contributed by atoms with Gasteiger partial charge in [-0.15, -0.1) is 0 Å². The van der Waals surface area contributed by atoms with Gasteiger partial charge in [-0.2, -0.15) is 0 Å². The predicted octanol–water partition coefficient (Wildman–Crippen LogP) is 4.39. The maximum absolute atomic E-state index is 13.3. The lowest BCUT2D eigenvalue weighted by Gasteiger charge is -2.03. The van der Waals surface area contributed by atoms with Crippen molar-refractivity contribution >= 4 is 5.78 Å². The molecule has 0 N–H and O–H groups in total. The molecular weight excluding hydrogens is 215 g/mol. The summed E-state index contributed by atoms with van der Waals surface area (Å²) in [5.74, 6) is -0.709. The van der Waals surface area contributed by atoms with Crippen LogP contribution in [0.4, 0.5) is 4.39 Å². The molecule has 0 radical (unpaired) electrons. The first kappa shape index (κ1) is 13.4. The van der Waals surface area contributed by atoms with Gasteiger partial charge in [0.2, 0.25) is 0 Å². The average Bonchev–Trinajstić information content (AvgIpc) is 2.29. The Morgan fingerprint density at radius 2 is 2.12 bits per heavy atom. The summed E-state index contributed by atoms with van der Waals surface area (Å²) < 4.78 is 13.3. The highest BCUT2D eigenvalue weighted by Crippen LogP contribution is 2.16. The Morgan fingerprint density at radius 3 is 2.65 bits per heavy atom. The van der Waals surface area contributed by atoms with Crippen LogP contribution in [0.3, 0.4) is 0 Å². The van der Waals surface area contributed by atoms with Gasteiger partial charge in [-0.3, -0.25) is 4.79 Å². The van der Waals surface area contributed by atoms with Crippen LogP contribution in [0.1, 0.15) is 36.2 Å². The number of halogens is 1. The van der Waals surface area contributed by atoms with Crippen molar-refractivity contribution in [1.82, 2.24) is 0 Å². The fourth-order valence-electron chi connectivity index (χ4n) is 1.52. The van der Waals surface area contributed by atoms with E-state index in [1.165, 1.54) is 6.92 Å². The third-order valence-corrected chi connectivity index (χ3v) is 2.42. The fourth-order valence-corrected chi connectivity index (χ4v) is 1.52. The van der Waals surface area contributed by atoms with Gasteiger partial charge < -0.3 is 0 Å². The summed E-state index contributed by atoms with van der Waals surface area (Å²) in [6.07, 6.45) is 4.12. The molecule has 0 spiro atoms. The van der Waals surface area contributed by atoms with Crippen LogP contribution in [0.5, 0.6) is 0 Å². The highest BCUT2D eigenvalue weighted by Gasteiger charge is 2.12. The van der Waals surface area contributed by atoms with Gasteiger partial charge >= 0.3 is 0 Å². The summed E-state index contributed by atoms with van der Waals surface area (Å²) in [6.45, 7) is 5.16. The smallest absolute Gasteiger partial charge is 0.195 e. The number of carbonyl (C=O) groups is 1. The van der Waals surface area contributed by atoms with E-state index in [-0.39, 0.29) is 11.4 Å². The topological polar surface area (TPSA) is 17.1 Å². The Kier molecular flexibility index (Phi) is 4.83. The maximum atomic E-state index is 13.3.